The Balaban J connectivity index is 2.28. The Labute approximate surface area is 124 Å². The molecule has 0 aliphatic rings. The standard InChI is InChI=1S/C17H19NO3/c1-17(2,3)21-16(20)18-15(11-19)14-10-6-8-12-7-4-5-9-13(12)14/h4-11,15H,1-3H3,(H,18,20). The highest BCUT2D eigenvalue weighted by atomic mass is 16.6. The first-order valence-corrected chi connectivity index (χ1v) is 6.83. The van der Waals surface area contributed by atoms with Crippen LogP contribution in [0.1, 0.15) is 32.4 Å². The third-order valence-electron chi connectivity index (χ3n) is 2.97. The molecule has 2 rings (SSSR count). The van der Waals surface area contributed by atoms with Crippen molar-refractivity contribution in [1.82, 2.24) is 5.32 Å². The van der Waals surface area contributed by atoms with Crippen LogP contribution in [-0.2, 0) is 9.53 Å². The van der Waals surface area contributed by atoms with E-state index in [0.717, 1.165) is 16.3 Å². The lowest BCUT2D eigenvalue weighted by atomic mass is 9.99. The number of ether oxygens (including phenoxy) is 1. The van der Waals surface area contributed by atoms with E-state index in [1.54, 1.807) is 20.8 Å². The maximum atomic E-state index is 11.8. The Bertz CT molecular complexity index is 653. The van der Waals surface area contributed by atoms with Crippen molar-refractivity contribution in [2.45, 2.75) is 32.4 Å². The van der Waals surface area contributed by atoms with E-state index in [1.807, 2.05) is 42.5 Å². The molecule has 4 nitrogen and oxygen atoms in total. The summed E-state index contributed by atoms with van der Waals surface area (Å²) >= 11 is 0. The van der Waals surface area contributed by atoms with E-state index in [0.29, 0.717) is 6.29 Å². The molecular weight excluding hydrogens is 266 g/mol. The van der Waals surface area contributed by atoms with Crippen LogP contribution in [0, 0.1) is 0 Å². The number of hydrogen-bond acceptors (Lipinski definition) is 3. The Kier molecular flexibility index (Phi) is 4.26. The average Bonchev–Trinajstić information content (AvgIpc) is 2.42. The second kappa shape index (κ2) is 5.95. The summed E-state index contributed by atoms with van der Waals surface area (Å²) in [5.74, 6) is 0. The number of carbonyl (C=O) groups is 2. The molecule has 0 aliphatic carbocycles. The largest absolute Gasteiger partial charge is 0.444 e. The zero-order chi connectivity index (χ0) is 15.5. The summed E-state index contributed by atoms with van der Waals surface area (Å²) in [6.07, 6.45) is 0.110. The molecule has 0 aromatic heterocycles. The molecule has 1 unspecified atom stereocenters. The molecule has 110 valence electrons. The van der Waals surface area contributed by atoms with Gasteiger partial charge in [0.2, 0.25) is 0 Å². The number of aldehydes is 1. The first-order chi connectivity index (χ1) is 9.90. The highest BCUT2D eigenvalue weighted by molar-refractivity contribution is 5.89. The second-order valence-electron chi connectivity index (χ2n) is 5.83. The minimum Gasteiger partial charge on any atom is -0.444 e. The Hall–Kier alpha value is -2.36. The zero-order valence-electron chi connectivity index (χ0n) is 12.4. The van der Waals surface area contributed by atoms with Crippen molar-refractivity contribution in [3.8, 4) is 0 Å². The maximum absolute atomic E-state index is 11.8. The van der Waals surface area contributed by atoms with Gasteiger partial charge in [0.15, 0.2) is 0 Å². The molecule has 0 saturated carbocycles. The predicted molar refractivity (Wildman–Crippen MR) is 82.1 cm³/mol. The second-order valence-corrected chi connectivity index (χ2v) is 5.83. The van der Waals surface area contributed by atoms with E-state index in [4.69, 9.17) is 4.74 Å². The van der Waals surface area contributed by atoms with Crippen LogP contribution in [0.4, 0.5) is 4.79 Å². The van der Waals surface area contributed by atoms with E-state index in [1.165, 1.54) is 0 Å². The van der Waals surface area contributed by atoms with Gasteiger partial charge >= 0.3 is 6.09 Å². The van der Waals surface area contributed by atoms with Gasteiger partial charge in [-0.3, -0.25) is 0 Å². The van der Waals surface area contributed by atoms with Crippen molar-refractivity contribution in [3.05, 3.63) is 48.0 Å². The van der Waals surface area contributed by atoms with E-state index in [2.05, 4.69) is 5.32 Å². The number of hydrogen-bond donors (Lipinski definition) is 1. The fraction of sp³-hybridized carbons (Fsp3) is 0.294. The van der Waals surface area contributed by atoms with Crippen molar-refractivity contribution >= 4 is 23.2 Å². The van der Waals surface area contributed by atoms with Gasteiger partial charge in [0.05, 0.1) is 0 Å². The molecule has 0 aliphatic heterocycles. The first-order valence-electron chi connectivity index (χ1n) is 6.83. The summed E-state index contributed by atoms with van der Waals surface area (Å²) < 4.78 is 5.19. The minimum atomic E-state index is -0.731. The summed E-state index contributed by atoms with van der Waals surface area (Å²) in [7, 11) is 0. The molecule has 2 aromatic rings. The van der Waals surface area contributed by atoms with Gasteiger partial charge in [0.1, 0.15) is 17.9 Å². The fourth-order valence-corrected chi connectivity index (χ4v) is 2.14. The van der Waals surface area contributed by atoms with Crippen molar-refractivity contribution in [2.24, 2.45) is 0 Å². The lowest BCUT2D eigenvalue weighted by Gasteiger charge is -2.22. The van der Waals surface area contributed by atoms with Gasteiger partial charge < -0.3 is 14.8 Å². The van der Waals surface area contributed by atoms with E-state index >= 15 is 0 Å². The molecule has 1 N–H and O–H groups in total. The number of nitrogens with one attached hydrogen (secondary N) is 1. The molecule has 1 amide bonds. The Morgan fingerprint density at radius 3 is 2.48 bits per heavy atom. The summed E-state index contributed by atoms with van der Waals surface area (Å²) in [5.41, 5.74) is 0.157. The maximum Gasteiger partial charge on any atom is 0.408 e. The Morgan fingerprint density at radius 1 is 1.14 bits per heavy atom. The van der Waals surface area contributed by atoms with E-state index < -0.39 is 17.7 Å². The van der Waals surface area contributed by atoms with Crippen LogP contribution in [0.3, 0.4) is 0 Å². The van der Waals surface area contributed by atoms with Crippen molar-refractivity contribution in [3.63, 3.8) is 0 Å². The first kappa shape index (κ1) is 15.0. The van der Waals surface area contributed by atoms with Crippen LogP contribution >= 0.6 is 0 Å². The van der Waals surface area contributed by atoms with Crippen molar-refractivity contribution in [2.75, 3.05) is 0 Å². The lowest BCUT2D eigenvalue weighted by Crippen LogP contribution is -2.35. The van der Waals surface area contributed by atoms with Crippen LogP contribution in [0.5, 0.6) is 0 Å². The molecule has 1 atom stereocenters. The van der Waals surface area contributed by atoms with Crippen molar-refractivity contribution in [1.29, 1.82) is 0 Å². The SMILES string of the molecule is CC(C)(C)OC(=O)NC(C=O)c1cccc2ccccc12. The average molecular weight is 285 g/mol. The Morgan fingerprint density at radius 2 is 1.81 bits per heavy atom. The molecule has 0 spiro atoms. The molecule has 2 aromatic carbocycles. The third-order valence-corrected chi connectivity index (χ3v) is 2.97. The van der Waals surface area contributed by atoms with Crippen LogP contribution in [0.2, 0.25) is 0 Å². The van der Waals surface area contributed by atoms with Gasteiger partial charge in [-0.2, -0.15) is 0 Å². The molecule has 21 heavy (non-hydrogen) atoms. The monoisotopic (exact) mass is 285 g/mol. The highest BCUT2D eigenvalue weighted by Gasteiger charge is 2.21. The molecule has 0 saturated heterocycles. The minimum absolute atomic E-state index is 0.601. The molecule has 0 radical (unpaired) electrons. The molecule has 0 bridgehead atoms. The number of alkyl carbamates (subject to hydrolysis) is 1. The topological polar surface area (TPSA) is 55.4 Å². The number of rotatable bonds is 3. The number of benzene rings is 2. The predicted octanol–water partition coefficient (Wildman–Crippen LogP) is 3.60. The third kappa shape index (κ3) is 3.81. The molecule has 4 heteroatoms. The zero-order valence-corrected chi connectivity index (χ0v) is 12.4. The van der Waals surface area contributed by atoms with E-state index in [9.17, 15) is 9.59 Å². The van der Waals surface area contributed by atoms with Gasteiger partial charge in [0, 0.05) is 0 Å². The summed E-state index contributed by atoms with van der Waals surface area (Å²) in [6, 6.07) is 12.7. The lowest BCUT2D eigenvalue weighted by molar-refractivity contribution is -0.109. The van der Waals surface area contributed by atoms with Gasteiger partial charge in [-0.1, -0.05) is 42.5 Å². The summed E-state index contributed by atoms with van der Waals surface area (Å²) in [4.78, 5) is 23.2. The normalized spacial score (nSPS) is 12.7. The summed E-state index contributed by atoms with van der Waals surface area (Å²) in [6.45, 7) is 5.33. The van der Waals surface area contributed by atoms with Gasteiger partial charge in [0.25, 0.3) is 0 Å². The number of amides is 1. The van der Waals surface area contributed by atoms with Crippen LogP contribution in [-0.4, -0.2) is 18.0 Å². The van der Waals surface area contributed by atoms with Gasteiger partial charge in [-0.15, -0.1) is 0 Å². The van der Waals surface area contributed by atoms with Crippen molar-refractivity contribution < 1.29 is 14.3 Å². The number of fused-ring (bicyclic) bond motifs is 1. The molecular formula is C17H19NO3. The summed E-state index contributed by atoms with van der Waals surface area (Å²) in [5, 5.41) is 4.56. The van der Waals surface area contributed by atoms with Crippen LogP contribution in [0.25, 0.3) is 10.8 Å². The smallest absolute Gasteiger partial charge is 0.408 e. The quantitative estimate of drug-likeness (QED) is 0.876. The van der Waals surface area contributed by atoms with Crippen LogP contribution in [0.15, 0.2) is 42.5 Å². The molecule has 0 heterocycles. The van der Waals surface area contributed by atoms with E-state index in [-0.39, 0.29) is 0 Å². The molecule has 0 fully saturated rings. The van der Waals surface area contributed by atoms with Gasteiger partial charge in [-0.05, 0) is 37.1 Å². The van der Waals surface area contributed by atoms with Crippen LogP contribution < -0.4 is 5.32 Å². The highest BCUT2D eigenvalue weighted by Crippen LogP contribution is 2.23. The fourth-order valence-electron chi connectivity index (χ4n) is 2.14. The number of carbonyl (C=O) groups excluding carboxylic acids is 2. The van der Waals surface area contributed by atoms with Gasteiger partial charge in [-0.25, -0.2) is 4.79 Å².